The number of aldehydes is 1. The van der Waals surface area contributed by atoms with E-state index < -0.39 is 0 Å². The third-order valence-electron chi connectivity index (χ3n) is 2.07. The van der Waals surface area contributed by atoms with Crippen LogP contribution in [-0.4, -0.2) is 49.9 Å². The smallest absolute Gasteiger partial charge is 0.315 e. The Morgan fingerprint density at radius 1 is 1.69 bits per heavy atom. The molecule has 1 aliphatic heterocycles. The first-order valence-corrected chi connectivity index (χ1v) is 4.39. The second kappa shape index (κ2) is 4.81. The fourth-order valence-electron chi connectivity index (χ4n) is 1.42. The minimum absolute atomic E-state index is 0.0778. The lowest BCUT2D eigenvalue weighted by Crippen LogP contribution is -2.43. The third-order valence-corrected chi connectivity index (χ3v) is 2.07. The van der Waals surface area contributed by atoms with Crippen LogP contribution in [0.2, 0.25) is 0 Å². The summed E-state index contributed by atoms with van der Waals surface area (Å²) in [6.07, 6.45) is 1.64. The summed E-state index contributed by atoms with van der Waals surface area (Å²) in [4.78, 5) is 23.2. The van der Waals surface area contributed by atoms with E-state index in [0.29, 0.717) is 6.29 Å². The first kappa shape index (κ1) is 9.98. The lowest BCUT2D eigenvalue weighted by molar-refractivity contribution is -0.107. The Kier molecular flexibility index (Phi) is 3.70. The van der Waals surface area contributed by atoms with Gasteiger partial charge in [0.25, 0.3) is 0 Å². The van der Waals surface area contributed by atoms with E-state index in [1.54, 1.807) is 0 Å². The van der Waals surface area contributed by atoms with Crippen LogP contribution in [0.4, 0.5) is 4.79 Å². The lowest BCUT2D eigenvalue weighted by Gasteiger charge is -2.12. The van der Waals surface area contributed by atoms with Gasteiger partial charge in [-0.2, -0.15) is 0 Å². The van der Waals surface area contributed by atoms with Gasteiger partial charge in [-0.05, 0) is 20.0 Å². The monoisotopic (exact) mass is 185 g/mol. The molecule has 0 aliphatic carbocycles. The summed E-state index contributed by atoms with van der Waals surface area (Å²) in [6.45, 7) is 1.97. The summed E-state index contributed by atoms with van der Waals surface area (Å²) >= 11 is 0. The van der Waals surface area contributed by atoms with Crippen molar-refractivity contribution in [3.05, 3.63) is 0 Å². The first-order chi connectivity index (χ1) is 6.22. The minimum atomic E-state index is -0.257. The van der Waals surface area contributed by atoms with E-state index in [4.69, 9.17) is 0 Å². The molecule has 0 radical (unpaired) electrons. The van der Waals surface area contributed by atoms with E-state index in [9.17, 15) is 9.59 Å². The third kappa shape index (κ3) is 3.42. The van der Waals surface area contributed by atoms with Crippen LogP contribution in [0.5, 0.6) is 0 Å². The Balaban J connectivity index is 2.16. The van der Waals surface area contributed by atoms with Crippen LogP contribution in [0.25, 0.3) is 0 Å². The van der Waals surface area contributed by atoms with Gasteiger partial charge in [0.15, 0.2) is 0 Å². The molecular weight excluding hydrogens is 170 g/mol. The molecule has 74 valence electrons. The summed E-state index contributed by atoms with van der Waals surface area (Å²) in [7, 11) is 2.02. The molecule has 1 fully saturated rings. The first-order valence-electron chi connectivity index (χ1n) is 4.39. The van der Waals surface area contributed by atoms with Gasteiger partial charge in [-0.15, -0.1) is 0 Å². The maximum atomic E-state index is 11.1. The standard InChI is InChI=1S/C8H15N3O2/c1-11-4-2-7(6-11)10-8(13)9-3-5-12/h5,7H,2-4,6H2,1H3,(H2,9,10,13). The molecule has 0 bridgehead atoms. The number of hydrogen-bond acceptors (Lipinski definition) is 3. The molecule has 1 rings (SSSR count). The van der Waals surface area contributed by atoms with Gasteiger partial charge in [0.1, 0.15) is 6.29 Å². The average Bonchev–Trinajstić information content (AvgIpc) is 2.48. The quantitative estimate of drug-likeness (QED) is 0.565. The van der Waals surface area contributed by atoms with Crippen LogP contribution >= 0.6 is 0 Å². The van der Waals surface area contributed by atoms with Crippen molar-refractivity contribution in [3.8, 4) is 0 Å². The van der Waals surface area contributed by atoms with Gasteiger partial charge in [-0.25, -0.2) is 4.79 Å². The highest BCUT2D eigenvalue weighted by Crippen LogP contribution is 2.05. The number of likely N-dealkylation sites (tertiary alicyclic amines) is 1. The average molecular weight is 185 g/mol. The molecule has 0 aromatic rings. The van der Waals surface area contributed by atoms with Crippen molar-refractivity contribution in [1.82, 2.24) is 15.5 Å². The maximum absolute atomic E-state index is 11.1. The van der Waals surface area contributed by atoms with Gasteiger partial charge < -0.3 is 20.3 Å². The van der Waals surface area contributed by atoms with Gasteiger partial charge >= 0.3 is 6.03 Å². The highest BCUT2D eigenvalue weighted by molar-refractivity contribution is 5.76. The molecule has 5 nitrogen and oxygen atoms in total. The van der Waals surface area contributed by atoms with Crippen molar-refractivity contribution in [1.29, 1.82) is 0 Å². The highest BCUT2D eigenvalue weighted by Gasteiger charge is 2.20. The van der Waals surface area contributed by atoms with E-state index in [-0.39, 0.29) is 18.6 Å². The number of hydrogen-bond donors (Lipinski definition) is 2. The van der Waals surface area contributed by atoms with E-state index in [2.05, 4.69) is 15.5 Å². The Morgan fingerprint density at radius 3 is 3.00 bits per heavy atom. The molecule has 0 spiro atoms. The van der Waals surface area contributed by atoms with Crippen LogP contribution in [-0.2, 0) is 4.79 Å². The molecule has 0 aromatic heterocycles. The Labute approximate surface area is 77.5 Å². The van der Waals surface area contributed by atoms with Crippen molar-refractivity contribution < 1.29 is 9.59 Å². The van der Waals surface area contributed by atoms with Gasteiger partial charge in [0.05, 0.1) is 6.54 Å². The molecule has 1 saturated heterocycles. The fraction of sp³-hybridized carbons (Fsp3) is 0.750. The summed E-state index contributed by atoms with van der Waals surface area (Å²) in [5.74, 6) is 0. The Morgan fingerprint density at radius 2 is 2.46 bits per heavy atom. The summed E-state index contributed by atoms with van der Waals surface area (Å²) in [5.41, 5.74) is 0. The van der Waals surface area contributed by atoms with Crippen LogP contribution in [0.1, 0.15) is 6.42 Å². The van der Waals surface area contributed by atoms with Crippen molar-refractivity contribution in [2.24, 2.45) is 0 Å². The van der Waals surface area contributed by atoms with E-state index in [1.807, 2.05) is 7.05 Å². The Bertz CT molecular complexity index is 196. The van der Waals surface area contributed by atoms with Gasteiger partial charge in [0.2, 0.25) is 0 Å². The molecular formula is C8H15N3O2. The lowest BCUT2D eigenvalue weighted by atomic mass is 10.3. The predicted octanol–water partition coefficient (Wildman–Crippen LogP) is -0.811. The molecule has 2 N–H and O–H groups in total. The molecule has 1 atom stereocenters. The molecule has 1 unspecified atom stereocenters. The number of likely N-dealkylation sites (N-methyl/N-ethyl adjacent to an activating group) is 1. The Hall–Kier alpha value is -1.10. The molecule has 2 amide bonds. The number of amides is 2. The molecule has 5 heteroatoms. The number of nitrogens with one attached hydrogen (secondary N) is 2. The zero-order valence-electron chi connectivity index (χ0n) is 7.75. The molecule has 13 heavy (non-hydrogen) atoms. The number of urea groups is 1. The van der Waals surface area contributed by atoms with Gasteiger partial charge in [-0.1, -0.05) is 0 Å². The number of carbonyl (C=O) groups is 2. The van der Waals surface area contributed by atoms with Crippen molar-refractivity contribution in [3.63, 3.8) is 0 Å². The molecule has 1 aliphatic rings. The SMILES string of the molecule is CN1CCC(NC(=O)NCC=O)C1. The largest absolute Gasteiger partial charge is 0.334 e. The van der Waals surface area contributed by atoms with Crippen LogP contribution < -0.4 is 10.6 Å². The minimum Gasteiger partial charge on any atom is -0.334 e. The molecule has 0 aromatic carbocycles. The molecule has 0 saturated carbocycles. The van der Waals surface area contributed by atoms with Gasteiger partial charge in [0, 0.05) is 12.6 Å². The van der Waals surface area contributed by atoms with Crippen LogP contribution in [0.3, 0.4) is 0 Å². The summed E-state index contributed by atoms with van der Waals surface area (Å²) in [6, 6.07) is -0.0379. The zero-order chi connectivity index (χ0) is 9.68. The second-order valence-electron chi connectivity index (χ2n) is 3.27. The van der Waals surface area contributed by atoms with Gasteiger partial charge in [-0.3, -0.25) is 0 Å². The van der Waals surface area contributed by atoms with E-state index in [0.717, 1.165) is 19.5 Å². The van der Waals surface area contributed by atoms with Crippen molar-refractivity contribution >= 4 is 12.3 Å². The number of rotatable bonds is 3. The van der Waals surface area contributed by atoms with E-state index >= 15 is 0 Å². The topological polar surface area (TPSA) is 61.4 Å². The van der Waals surface area contributed by atoms with E-state index in [1.165, 1.54) is 0 Å². The predicted molar refractivity (Wildman–Crippen MR) is 48.5 cm³/mol. The number of nitrogens with zero attached hydrogens (tertiary/aromatic N) is 1. The van der Waals surface area contributed by atoms with Crippen molar-refractivity contribution in [2.75, 3.05) is 26.7 Å². The normalized spacial score (nSPS) is 22.7. The highest BCUT2D eigenvalue weighted by atomic mass is 16.2. The summed E-state index contributed by atoms with van der Waals surface area (Å²) in [5, 5.41) is 5.23. The van der Waals surface area contributed by atoms with Crippen LogP contribution in [0, 0.1) is 0 Å². The maximum Gasteiger partial charge on any atom is 0.315 e. The zero-order valence-corrected chi connectivity index (χ0v) is 7.75. The second-order valence-corrected chi connectivity index (χ2v) is 3.27. The van der Waals surface area contributed by atoms with Crippen molar-refractivity contribution in [2.45, 2.75) is 12.5 Å². The fourth-order valence-corrected chi connectivity index (χ4v) is 1.42. The number of carbonyl (C=O) groups excluding carboxylic acids is 2. The van der Waals surface area contributed by atoms with Crippen LogP contribution in [0.15, 0.2) is 0 Å². The summed E-state index contributed by atoms with van der Waals surface area (Å²) < 4.78 is 0. The molecule has 1 heterocycles.